The van der Waals surface area contributed by atoms with Gasteiger partial charge in [-0.1, -0.05) is 24.3 Å². The number of nitrogens with one attached hydrogen (secondary N) is 2. The number of aromatic amines is 1. The van der Waals surface area contributed by atoms with E-state index in [1.54, 1.807) is 17.5 Å². The zero-order chi connectivity index (χ0) is 20.4. The van der Waals surface area contributed by atoms with Crippen molar-refractivity contribution < 1.29 is 18.0 Å². The smallest absolute Gasteiger partial charge is 0.262 e. The Balaban J connectivity index is 1.58. The number of nitrogens with zero attached hydrogens (tertiary/aromatic N) is 1. The number of carbonyl (C=O) groups excluding carboxylic acids is 2. The number of H-pyrrole nitrogens is 1. The summed E-state index contributed by atoms with van der Waals surface area (Å²) in [5.41, 5.74) is 1.89. The molecule has 1 fully saturated rings. The molecule has 9 heteroatoms. The molecule has 0 spiro atoms. The fraction of sp³-hybridized carbons (Fsp3) is 0.300. The van der Waals surface area contributed by atoms with Crippen LogP contribution in [-0.2, 0) is 21.1 Å². The second-order valence-corrected chi connectivity index (χ2v) is 10.3. The van der Waals surface area contributed by atoms with Crippen LogP contribution in [0.3, 0.4) is 0 Å². The molecule has 7 nitrogen and oxygen atoms in total. The molecule has 3 aromatic rings. The number of fused-ring (bicyclic) bond motifs is 1. The number of amides is 2. The number of hydrogen-bond acceptors (Lipinski definition) is 5. The summed E-state index contributed by atoms with van der Waals surface area (Å²) in [4.78, 5) is 31.1. The van der Waals surface area contributed by atoms with Gasteiger partial charge in [-0.05, 0) is 23.1 Å². The Hall–Kier alpha value is -2.65. The van der Waals surface area contributed by atoms with Crippen molar-refractivity contribution in [2.24, 2.45) is 0 Å². The summed E-state index contributed by atoms with van der Waals surface area (Å²) in [6.45, 7) is 0.306. The predicted octanol–water partition coefficient (Wildman–Crippen LogP) is 1.83. The summed E-state index contributed by atoms with van der Waals surface area (Å²) in [5.74, 6) is -0.646. The molecular weight excluding hydrogens is 410 g/mol. The van der Waals surface area contributed by atoms with E-state index in [-0.39, 0.29) is 36.4 Å². The minimum absolute atomic E-state index is 0.0442. The summed E-state index contributed by atoms with van der Waals surface area (Å²) in [6, 6.07) is 10.5. The quantitative estimate of drug-likeness (QED) is 0.644. The van der Waals surface area contributed by atoms with Gasteiger partial charge in [0.1, 0.15) is 6.04 Å². The van der Waals surface area contributed by atoms with Gasteiger partial charge < -0.3 is 15.2 Å². The number of benzene rings is 1. The van der Waals surface area contributed by atoms with Crippen molar-refractivity contribution in [3.63, 3.8) is 0 Å². The third-order valence-corrected chi connectivity index (χ3v) is 7.58. The number of sulfone groups is 1. The third kappa shape index (κ3) is 4.35. The molecule has 0 saturated carbocycles. The third-order valence-electron chi connectivity index (χ3n) is 5.10. The lowest BCUT2D eigenvalue weighted by Crippen LogP contribution is -2.53. The average Bonchev–Trinajstić information content (AvgIpc) is 3.37. The first kappa shape index (κ1) is 19.7. The van der Waals surface area contributed by atoms with Crippen LogP contribution in [0.2, 0.25) is 0 Å². The first-order valence-corrected chi connectivity index (χ1v) is 12.0. The molecule has 1 unspecified atom stereocenters. The molecule has 152 valence electrons. The summed E-state index contributed by atoms with van der Waals surface area (Å²) in [6.07, 6.45) is 2.17. The fourth-order valence-electron chi connectivity index (χ4n) is 3.51. The van der Waals surface area contributed by atoms with E-state index in [1.807, 2.05) is 30.5 Å². The summed E-state index contributed by atoms with van der Waals surface area (Å²) in [5, 5.41) is 5.66. The van der Waals surface area contributed by atoms with Gasteiger partial charge in [0.2, 0.25) is 5.91 Å². The zero-order valence-corrected chi connectivity index (χ0v) is 17.3. The van der Waals surface area contributed by atoms with Crippen molar-refractivity contribution in [3.05, 3.63) is 58.4 Å². The molecule has 1 saturated heterocycles. The molecule has 0 radical (unpaired) electrons. The zero-order valence-electron chi connectivity index (χ0n) is 15.6. The van der Waals surface area contributed by atoms with Gasteiger partial charge in [-0.25, -0.2) is 8.42 Å². The minimum Gasteiger partial charge on any atom is -0.361 e. The summed E-state index contributed by atoms with van der Waals surface area (Å²) < 4.78 is 23.4. The van der Waals surface area contributed by atoms with Gasteiger partial charge in [-0.2, -0.15) is 0 Å². The Morgan fingerprint density at radius 2 is 1.90 bits per heavy atom. The Morgan fingerprint density at radius 1 is 1.14 bits per heavy atom. The van der Waals surface area contributed by atoms with Crippen molar-refractivity contribution in [2.75, 3.05) is 24.6 Å². The van der Waals surface area contributed by atoms with Crippen LogP contribution in [0.1, 0.15) is 15.2 Å². The van der Waals surface area contributed by atoms with Crippen molar-refractivity contribution in [1.82, 2.24) is 15.2 Å². The molecule has 1 aliphatic heterocycles. The maximum atomic E-state index is 13.2. The van der Waals surface area contributed by atoms with Gasteiger partial charge in [0.15, 0.2) is 9.84 Å². The summed E-state index contributed by atoms with van der Waals surface area (Å²) in [7, 11) is -3.10. The largest absolute Gasteiger partial charge is 0.361 e. The van der Waals surface area contributed by atoms with E-state index in [9.17, 15) is 18.0 Å². The van der Waals surface area contributed by atoms with E-state index in [4.69, 9.17) is 0 Å². The number of thiophene rings is 1. The molecule has 0 aliphatic carbocycles. The van der Waals surface area contributed by atoms with E-state index in [0.717, 1.165) is 16.5 Å². The van der Waals surface area contributed by atoms with Crippen LogP contribution in [0.4, 0.5) is 0 Å². The average molecular weight is 432 g/mol. The molecule has 4 rings (SSSR count). The highest BCUT2D eigenvalue weighted by Gasteiger charge is 2.31. The SMILES string of the molecule is O=C(NC(Cc1c[nH]c2ccccc12)C(=O)N1CCS(=O)(=O)CC1)c1cccs1. The van der Waals surface area contributed by atoms with Gasteiger partial charge in [0.05, 0.1) is 16.4 Å². The number of rotatable bonds is 5. The van der Waals surface area contributed by atoms with Crippen LogP contribution in [0.15, 0.2) is 48.0 Å². The molecule has 2 amide bonds. The van der Waals surface area contributed by atoms with E-state index >= 15 is 0 Å². The maximum Gasteiger partial charge on any atom is 0.262 e. The van der Waals surface area contributed by atoms with Crippen molar-refractivity contribution in [3.8, 4) is 0 Å². The maximum absolute atomic E-state index is 13.2. The van der Waals surface area contributed by atoms with Crippen LogP contribution in [0.25, 0.3) is 10.9 Å². The van der Waals surface area contributed by atoms with Gasteiger partial charge >= 0.3 is 0 Å². The number of aromatic nitrogens is 1. The Morgan fingerprint density at radius 3 is 2.62 bits per heavy atom. The fourth-order valence-corrected chi connectivity index (χ4v) is 5.34. The second kappa shape index (κ2) is 8.00. The van der Waals surface area contributed by atoms with Crippen molar-refractivity contribution in [2.45, 2.75) is 12.5 Å². The minimum atomic E-state index is -3.10. The molecule has 1 aromatic carbocycles. The molecule has 3 heterocycles. The van der Waals surface area contributed by atoms with E-state index in [2.05, 4.69) is 10.3 Å². The van der Waals surface area contributed by atoms with Gasteiger partial charge in [0.25, 0.3) is 5.91 Å². The van der Waals surface area contributed by atoms with Crippen molar-refractivity contribution >= 4 is 43.9 Å². The Kier molecular flexibility index (Phi) is 5.42. The van der Waals surface area contributed by atoms with Gasteiger partial charge in [-0.3, -0.25) is 9.59 Å². The first-order chi connectivity index (χ1) is 13.9. The van der Waals surface area contributed by atoms with Crippen LogP contribution >= 0.6 is 11.3 Å². The highest BCUT2D eigenvalue weighted by molar-refractivity contribution is 7.91. The van der Waals surface area contributed by atoms with Crippen molar-refractivity contribution in [1.29, 1.82) is 0 Å². The summed E-state index contributed by atoms with van der Waals surface area (Å²) >= 11 is 1.31. The van der Waals surface area contributed by atoms with Gasteiger partial charge in [-0.15, -0.1) is 11.3 Å². The standard InChI is InChI=1S/C20H21N3O4S2/c24-19(18-6-3-9-28-18)22-17(20(25)23-7-10-29(26,27)11-8-23)12-14-13-21-16-5-2-1-4-15(14)16/h1-6,9,13,17,21H,7-8,10-12H2,(H,22,24). The number of hydrogen-bond donors (Lipinski definition) is 2. The van der Waals surface area contributed by atoms with Crippen LogP contribution in [0.5, 0.6) is 0 Å². The van der Waals surface area contributed by atoms with Crippen LogP contribution in [-0.4, -0.2) is 60.8 Å². The number of carbonyl (C=O) groups is 2. The second-order valence-electron chi connectivity index (χ2n) is 7.04. The van der Waals surface area contributed by atoms with Crippen LogP contribution < -0.4 is 5.32 Å². The van der Waals surface area contributed by atoms with E-state index in [1.165, 1.54) is 16.2 Å². The normalized spacial score (nSPS) is 17.2. The molecular formula is C20H21N3O4S2. The monoisotopic (exact) mass is 431 g/mol. The molecule has 2 N–H and O–H groups in total. The topological polar surface area (TPSA) is 99.3 Å². The molecule has 2 aromatic heterocycles. The van der Waals surface area contributed by atoms with E-state index in [0.29, 0.717) is 11.3 Å². The highest BCUT2D eigenvalue weighted by Crippen LogP contribution is 2.20. The Labute approximate surface area is 172 Å². The molecule has 0 bridgehead atoms. The Bertz CT molecular complexity index is 1120. The lowest BCUT2D eigenvalue weighted by atomic mass is 10.0. The first-order valence-electron chi connectivity index (χ1n) is 9.31. The number of para-hydroxylation sites is 1. The molecule has 1 aliphatic rings. The van der Waals surface area contributed by atoms with Crippen LogP contribution in [0, 0.1) is 0 Å². The molecule has 29 heavy (non-hydrogen) atoms. The lowest BCUT2D eigenvalue weighted by molar-refractivity contribution is -0.132. The van der Waals surface area contributed by atoms with E-state index < -0.39 is 15.9 Å². The highest BCUT2D eigenvalue weighted by atomic mass is 32.2. The molecule has 1 atom stereocenters. The predicted molar refractivity (Wildman–Crippen MR) is 113 cm³/mol. The van der Waals surface area contributed by atoms with Gasteiger partial charge in [0, 0.05) is 36.6 Å². The lowest BCUT2D eigenvalue weighted by Gasteiger charge is -2.30.